The van der Waals surface area contributed by atoms with Crippen LogP contribution in [0.4, 0.5) is 5.95 Å². The summed E-state index contributed by atoms with van der Waals surface area (Å²) in [6.07, 6.45) is 2.65. The molecule has 7 N–H and O–H groups in total. The molecule has 0 bridgehead atoms. The molecular weight excluding hydrogens is 768 g/mol. The molecule has 0 aliphatic carbocycles. The van der Waals surface area contributed by atoms with E-state index >= 15 is 0 Å². The van der Waals surface area contributed by atoms with Gasteiger partial charge in [-0.25, -0.2) is 9.97 Å². The number of carbonyl (C=O) groups is 3. The summed E-state index contributed by atoms with van der Waals surface area (Å²) in [5.74, 6) is 1.15. The van der Waals surface area contributed by atoms with E-state index in [0.717, 1.165) is 34.4 Å². The third kappa shape index (κ3) is 11.3. The van der Waals surface area contributed by atoms with Crippen LogP contribution >= 0.6 is 0 Å². The largest absolute Gasteiger partial charge is 0.496 e. The number of anilines is 1. The molecule has 18 nitrogen and oxygen atoms in total. The van der Waals surface area contributed by atoms with Gasteiger partial charge in [0.05, 0.1) is 32.2 Å². The van der Waals surface area contributed by atoms with Crippen molar-refractivity contribution in [2.24, 2.45) is 0 Å². The van der Waals surface area contributed by atoms with Gasteiger partial charge in [0.15, 0.2) is 0 Å². The van der Waals surface area contributed by atoms with E-state index in [-0.39, 0.29) is 31.1 Å². The van der Waals surface area contributed by atoms with Crippen molar-refractivity contribution in [3.8, 4) is 29.0 Å². The highest BCUT2D eigenvalue weighted by Gasteiger charge is 2.39. The molecule has 2 atom stereocenters. The number of methoxy groups -OCH3 is 1. The van der Waals surface area contributed by atoms with Gasteiger partial charge in [-0.2, -0.15) is 9.97 Å². The van der Waals surface area contributed by atoms with E-state index in [0.29, 0.717) is 51.7 Å². The van der Waals surface area contributed by atoms with E-state index < -0.39 is 38.4 Å². The number of carboxylic acids is 2. The Morgan fingerprint density at radius 2 is 1.29 bits per heavy atom. The highest BCUT2D eigenvalue weighted by molar-refractivity contribution is 6.62. The Kier molecular flexibility index (Phi) is 14.5. The van der Waals surface area contributed by atoms with Crippen molar-refractivity contribution in [1.29, 1.82) is 0 Å². The van der Waals surface area contributed by atoms with E-state index in [4.69, 9.17) is 49.4 Å². The normalized spacial score (nSPS) is 14.8. The van der Waals surface area contributed by atoms with E-state index in [2.05, 4.69) is 26.0 Å². The molecule has 7 rings (SSSR count). The molecule has 0 radical (unpaired) electrons. The van der Waals surface area contributed by atoms with E-state index in [1.54, 1.807) is 56.6 Å². The minimum absolute atomic E-state index is 0.0882. The maximum atomic E-state index is 11.1. The molecule has 5 aromatic rings. The zero-order chi connectivity index (χ0) is 42.8. The molecule has 3 aromatic carbocycles. The molecular formula is C39H41B2N5O13. The molecule has 0 saturated heterocycles. The SMILES string of the molecule is COc1ccc(C)cc1CCc1nccc(Oc2cc(C)c3c(c2)B(O)OC3CC(=O)O)n1.Cc1cc(Oc2ccnc(N)n2)cc2c1C(CC(=O)O)OB2O.O=CO. The number of ether oxygens (including phenoxy) is 3. The van der Waals surface area contributed by atoms with Crippen LogP contribution in [0.1, 0.15) is 64.3 Å². The Bertz CT molecular complexity index is 2320. The summed E-state index contributed by atoms with van der Waals surface area (Å²) in [6.45, 7) is 5.43. The molecule has 59 heavy (non-hydrogen) atoms. The number of aliphatic carboxylic acids is 2. The molecule has 2 aliphatic heterocycles. The van der Waals surface area contributed by atoms with E-state index in [1.165, 1.54) is 6.20 Å². The standard InChI is InChI=1S/C24H25BN2O6.C14H14BN3O5.CH2O2/c1-14-4-6-19(31-3)16(10-14)5-7-21-26-9-8-22(27-21)32-17-11-15(2)24-18(12-17)25(30)33-20(24)13-23(28)29;1-7-4-8(22-11-2-3-17-14(16)18-11)5-9-13(7)10(6-12(19)20)23-15(9)21;2-1-3/h4,6,8-12,20,30H,5,7,13H2,1-3H3,(H,28,29);2-5,10,21H,6H2,1H3,(H,19,20)(H2,16,17,18);1H,(H,2,3). The fourth-order valence-corrected chi connectivity index (χ4v) is 6.76. The van der Waals surface area contributed by atoms with Crippen molar-refractivity contribution >= 4 is 49.5 Å². The molecule has 0 amide bonds. The average molecular weight is 809 g/mol. The van der Waals surface area contributed by atoms with Gasteiger partial charge < -0.3 is 54.6 Å². The van der Waals surface area contributed by atoms with Crippen LogP contribution in [0, 0.1) is 20.8 Å². The number of carboxylic acid groups (broad SMARTS) is 3. The van der Waals surface area contributed by atoms with Crippen LogP contribution in [0.2, 0.25) is 0 Å². The first-order valence-electron chi connectivity index (χ1n) is 18.1. The molecule has 0 spiro atoms. The Morgan fingerprint density at radius 3 is 1.78 bits per heavy atom. The molecule has 306 valence electrons. The summed E-state index contributed by atoms with van der Waals surface area (Å²) in [7, 11) is -0.729. The maximum absolute atomic E-state index is 11.1. The van der Waals surface area contributed by atoms with Gasteiger partial charge >= 0.3 is 26.2 Å². The molecule has 4 heterocycles. The van der Waals surface area contributed by atoms with Crippen LogP contribution in [0.15, 0.2) is 67.0 Å². The van der Waals surface area contributed by atoms with Gasteiger partial charge in [0.1, 0.15) is 23.1 Å². The van der Waals surface area contributed by atoms with Crippen molar-refractivity contribution in [3.63, 3.8) is 0 Å². The minimum atomic E-state index is -1.20. The quantitative estimate of drug-likeness (QED) is 0.0780. The van der Waals surface area contributed by atoms with E-state index in [1.807, 2.05) is 26.0 Å². The summed E-state index contributed by atoms with van der Waals surface area (Å²) in [5, 5.41) is 45.2. The fraction of sp³-hybridized carbons (Fsp3) is 0.256. The second-order valence-electron chi connectivity index (χ2n) is 13.3. The van der Waals surface area contributed by atoms with Crippen LogP contribution in [-0.2, 0) is 36.5 Å². The number of hydrogen-bond acceptors (Lipinski definition) is 15. The summed E-state index contributed by atoms with van der Waals surface area (Å²) in [4.78, 5) is 47.0. The fourth-order valence-electron chi connectivity index (χ4n) is 6.76. The molecule has 0 fully saturated rings. The summed E-state index contributed by atoms with van der Waals surface area (Å²) >= 11 is 0. The zero-order valence-electron chi connectivity index (χ0n) is 32.4. The zero-order valence-corrected chi connectivity index (χ0v) is 32.4. The Morgan fingerprint density at radius 1 is 0.780 bits per heavy atom. The lowest BCUT2D eigenvalue weighted by Crippen LogP contribution is -2.28. The van der Waals surface area contributed by atoms with Gasteiger partial charge in [-0.15, -0.1) is 0 Å². The average Bonchev–Trinajstić information content (AvgIpc) is 3.65. The Labute approximate surface area is 338 Å². The van der Waals surface area contributed by atoms with Crippen molar-refractivity contribution < 1.29 is 63.3 Å². The lowest BCUT2D eigenvalue weighted by atomic mass is 9.77. The topological polar surface area (TPSA) is 276 Å². The number of aromatic nitrogens is 4. The van der Waals surface area contributed by atoms with Crippen molar-refractivity contribution in [2.45, 2.75) is 58.7 Å². The van der Waals surface area contributed by atoms with Crippen molar-refractivity contribution in [2.75, 3.05) is 12.8 Å². The third-order valence-corrected chi connectivity index (χ3v) is 9.09. The first-order valence-corrected chi connectivity index (χ1v) is 18.1. The van der Waals surface area contributed by atoms with Crippen molar-refractivity contribution in [3.05, 3.63) is 106 Å². The van der Waals surface area contributed by atoms with Gasteiger partial charge in [-0.1, -0.05) is 17.7 Å². The number of aryl methyl sites for hydroxylation is 5. The van der Waals surface area contributed by atoms with Crippen molar-refractivity contribution in [1.82, 2.24) is 19.9 Å². The Balaban J connectivity index is 0.000000222. The number of rotatable bonds is 12. The van der Waals surface area contributed by atoms with Gasteiger partial charge in [0.25, 0.3) is 6.47 Å². The first kappa shape index (κ1) is 43.5. The molecule has 20 heteroatoms. The highest BCUT2D eigenvalue weighted by atomic mass is 16.5. The van der Waals surface area contributed by atoms with Gasteiger partial charge in [-0.05, 0) is 96.3 Å². The maximum Gasteiger partial charge on any atom is 0.492 e. The molecule has 2 unspecified atom stereocenters. The number of nitrogens with zero attached hydrogens (tertiary/aromatic N) is 4. The van der Waals surface area contributed by atoms with Crippen LogP contribution in [0.3, 0.4) is 0 Å². The monoisotopic (exact) mass is 809 g/mol. The van der Waals surface area contributed by atoms with Crippen LogP contribution in [0.25, 0.3) is 0 Å². The minimum Gasteiger partial charge on any atom is -0.496 e. The number of fused-ring (bicyclic) bond motifs is 2. The van der Waals surface area contributed by atoms with Gasteiger partial charge in [0.2, 0.25) is 17.7 Å². The van der Waals surface area contributed by atoms with Crippen LogP contribution in [0.5, 0.6) is 29.0 Å². The summed E-state index contributed by atoms with van der Waals surface area (Å²) in [5.41, 5.74) is 11.7. The van der Waals surface area contributed by atoms with Crippen LogP contribution < -0.4 is 30.9 Å². The predicted molar refractivity (Wildman–Crippen MR) is 212 cm³/mol. The van der Waals surface area contributed by atoms with Gasteiger partial charge in [-0.3, -0.25) is 14.4 Å². The number of hydrogen-bond donors (Lipinski definition) is 6. The van der Waals surface area contributed by atoms with Crippen LogP contribution in [-0.4, -0.2) is 85.1 Å². The second kappa shape index (κ2) is 19.7. The summed E-state index contributed by atoms with van der Waals surface area (Å²) < 4.78 is 27.8. The number of nitrogens with two attached hydrogens (primary N) is 1. The number of benzene rings is 3. The summed E-state index contributed by atoms with van der Waals surface area (Å²) in [6, 6.07) is 16.1. The molecule has 2 aromatic heterocycles. The molecule has 0 saturated carbocycles. The second-order valence-corrected chi connectivity index (χ2v) is 13.3. The Hall–Kier alpha value is -6.60. The van der Waals surface area contributed by atoms with Gasteiger partial charge in [0, 0.05) is 30.9 Å². The molecule has 2 aliphatic rings. The highest BCUT2D eigenvalue weighted by Crippen LogP contribution is 2.34. The first-order chi connectivity index (χ1) is 28.2. The van der Waals surface area contributed by atoms with E-state index in [9.17, 15) is 19.6 Å². The number of nitrogen functional groups attached to an aromatic ring is 1. The lowest BCUT2D eigenvalue weighted by Gasteiger charge is -2.13. The smallest absolute Gasteiger partial charge is 0.492 e. The lowest BCUT2D eigenvalue weighted by molar-refractivity contribution is -0.140. The predicted octanol–water partition coefficient (Wildman–Crippen LogP) is 3.01. The third-order valence-electron chi connectivity index (χ3n) is 9.09.